The van der Waals surface area contributed by atoms with Gasteiger partial charge in [-0.15, -0.1) is 0 Å². The summed E-state index contributed by atoms with van der Waals surface area (Å²) in [7, 11) is 0. The molecule has 1 aromatic carbocycles. The van der Waals surface area contributed by atoms with Gasteiger partial charge in [-0.3, -0.25) is 19.3 Å². The fourth-order valence-corrected chi connectivity index (χ4v) is 10.1. The number of nitrogens with two attached hydrogens (primary N) is 1. The molecule has 3 heterocycles. The normalized spacial score (nSPS) is 28.1. The number of morpholine rings is 1. The van der Waals surface area contributed by atoms with Crippen LogP contribution in [0.1, 0.15) is 85.0 Å². The first kappa shape index (κ1) is 44.0. The van der Waals surface area contributed by atoms with E-state index in [2.05, 4.69) is 29.0 Å². The molecule has 0 bridgehead atoms. The number of fused-ring (bicyclic) bond motifs is 2. The number of primary amides is 1. The van der Waals surface area contributed by atoms with Crippen molar-refractivity contribution in [2.45, 2.75) is 109 Å². The third-order valence-electron chi connectivity index (χ3n) is 13.5. The highest BCUT2D eigenvalue weighted by Gasteiger charge is 2.54. The van der Waals surface area contributed by atoms with Crippen molar-refractivity contribution in [1.82, 2.24) is 20.1 Å². The maximum Gasteiger partial charge on any atom is 0.408 e. The summed E-state index contributed by atoms with van der Waals surface area (Å²) < 4.78 is 29.7. The molecule has 7 rings (SSSR count). The van der Waals surface area contributed by atoms with Gasteiger partial charge in [-0.1, -0.05) is 57.6 Å². The first-order chi connectivity index (χ1) is 28.9. The van der Waals surface area contributed by atoms with Gasteiger partial charge in [-0.2, -0.15) is 0 Å². The summed E-state index contributed by atoms with van der Waals surface area (Å²) in [5.74, 6) is 1.66. The minimum absolute atomic E-state index is 0.0597. The minimum Gasteiger partial charge on any atom is -0.491 e. The van der Waals surface area contributed by atoms with Gasteiger partial charge in [0.15, 0.2) is 0 Å². The highest BCUT2D eigenvalue weighted by molar-refractivity contribution is 6.36. The molecule has 5 aliphatic rings. The van der Waals surface area contributed by atoms with Crippen LogP contribution in [0, 0.1) is 35.5 Å². The second-order valence-electron chi connectivity index (χ2n) is 17.5. The number of amides is 3. The van der Waals surface area contributed by atoms with E-state index in [-0.39, 0.29) is 30.9 Å². The number of alkyl carbamates (subject to hydrolysis) is 1. The van der Waals surface area contributed by atoms with E-state index in [9.17, 15) is 24.3 Å². The summed E-state index contributed by atoms with van der Waals surface area (Å²) in [6.07, 6.45) is 5.82. The third-order valence-corrected chi connectivity index (χ3v) is 13.9. The number of halogens is 1. The van der Waals surface area contributed by atoms with E-state index in [0.29, 0.717) is 96.2 Å². The van der Waals surface area contributed by atoms with E-state index in [4.69, 9.17) is 41.0 Å². The van der Waals surface area contributed by atoms with Crippen molar-refractivity contribution in [3.05, 3.63) is 23.2 Å². The topological polar surface area (TPSA) is 192 Å². The molecule has 3 saturated carbocycles. The van der Waals surface area contributed by atoms with Crippen molar-refractivity contribution in [3.8, 4) is 17.4 Å². The van der Waals surface area contributed by atoms with Crippen molar-refractivity contribution >= 4 is 46.4 Å². The van der Waals surface area contributed by atoms with Crippen LogP contribution in [-0.4, -0.2) is 121 Å². The van der Waals surface area contributed by atoms with E-state index >= 15 is 0 Å². The van der Waals surface area contributed by atoms with Gasteiger partial charge in [0.05, 0.1) is 32.3 Å². The number of aromatic nitrogens is 1. The van der Waals surface area contributed by atoms with E-state index in [0.717, 1.165) is 64.6 Å². The molecular weight excluding hydrogens is 794 g/mol. The Labute approximate surface area is 357 Å². The summed E-state index contributed by atoms with van der Waals surface area (Å²) >= 11 is 6.90. The van der Waals surface area contributed by atoms with E-state index in [1.807, 2.05) is 13.0 Å². The van der Waals surface area contributed by atoms with Gasteiger partial charge in [-0.25, -0.2) is 9.78 Å². The molecule has 15 nitrogen and oxygen atoms in total. The molecule has 3 aliphatic carbocycles. The summed E-state index contributed by atoms with van der Waals surface area (Å²) in [5, 5.41) is 13.1. The van der Waals surface area contributed by atoms with Crippen LogP contribution in [0.4, 0.5) is 4.79 Å². The largest absolute Gasteiger partial charge is 0.491 e. The fraction of sp³-hybridized carbons (Fsp3) is 0.705. The lowest BCUT2D eigenvalue weighted by atomic mass is 9.96. The molecule has 5 fully saturated rings. The number of hydrogen-bond acceptors (Lipinski definition) is 11. The van der Waals surface area contributed by atoms with Gasteiger partial charge in [0.1, 0.15) is 52.9 Å². The lowest BCUT2D eigenvalue weighted by Gasteiger charge is -2.28. The molecule has 60 heavy (non-hydrogen) atoms. The van der Waals surface area contributed by atoms with Crippen LogP contribution in [0.5, 0.6) is 17.4 Å². The minimum atomic E-state index is -0.959. The number of pyridine rings is 1. The van der Waals surface area contributed by atoms with Gasteiger partial charge < -0.3 is 44.7 Å². The number of carboxylic acids is 1. The first-order valence-corrected chi connectivity index (χ1v) is 22.4. The summed E-state index contributed by atoms with van der Waals surface area (Å²) in [6.45, 7) is 10.9. The predicted molar refractivity (Wildman–Crippen MR) is 223 cm³/mol. The monoisotopic (exact) mass is 855 g/mol. The Bertz CT molecular complexity index is 1850. The number of unbranched alkanes of at least 4 members (excludes halogenated alkanes) is 3. The number of likely N-dealkylation sites (tertiary alicyclic amines) is 1. The molecule has 0 spiro atoms. The number of carboxylic acid groups (broad SMARTS) is 1. The lowest BCUT2D eigenvalue weighted by molar-refractivity contribution is -0.139. The average molecular weight is 856 g/mol. The van der Waals surface area contributed by atoms with Crippen LogP contribution in [0.3, 0.4) is 0 Å². The molecule has 2 aliphatic heterocycles. The second kappa shape index (κ2) is 19.7. The van der Waals surface area contributed by atoms with E-state index in [1.165, 1.54) is 4.90 Å². The quantitative estimate of drug-likeness (QED) is 0.131. The molecule has 16 heteroatoms. The van der Waals surface area contributed by atoms with Crippen LogP contribution in [0.15, 0.2) is 18.2 Å². The molecule has 3 amide bonds. The van der Waals surface area contributed by atoms with Crippen molar-refractivity contribution < 1.29 is 48.0 Å². The van der Waals surface area contributed by atoms with Crippen LogP contribution >= 0.6 is 11.6 Å². The van der Waals surface area contributed by atoms with Gasteiger partial charge in [0.2, 0.25) is 17.7 Å². The zero-order chi connectivity index (χ0) is 42.5. The van der Waals surface area contributed by atoms with Crippen LogP contribution in [-0.2, 0) is 23.9 Å². The van der Waals surface area contributed by atoms with Crippen LogP contribution in [0.2, 0.25) is 5.02 Å². The molecule has 10 atom stereocenters. The van der Waals surface area contributed by atoms with Crippen molar-refractivity contribution in [2.24, 2.45) is 41.2 Å². The summed E-state index contributed by atoms with van der Waals surface area (Å²) in [4.78, 5) is 60.3. The van der Waals surface area contributed by atoms with Gasteiger partial charge >= 0.3 is 12.1 Å². The standard InChI is InChI=1S/C44H62ClN5O10/c1-4-57-38-23-37(29-11-12-36(39(45)40(29)48-38)58-18-15-49-13-16-56-17-14-49)59-28-21-35(41(46)51)50(24-28)42(52)34(47-44(55)60-27-19-31-26(3)32(31)20-27)10-8-6-5-7-9-25(2)30-22-33(30)43(53)54/h11-12,23,25-28,30-35H,4-10,13-22,24H2,1-3H3,(H2,46,51)(H,47,55)(H,53,54)/t25?,26?,27?,28?,30-,31-,32+,33-,34-,35-/m0/s1. The number of nitrogens with one attached hydrogen (secondary N) is 1. The predicted octanol–water partition coefficient (Wildman–Crippen LogP) is 5.67. The maximum absolute atomic E-state index is 14.4. The number of hydrogen-bond donors (Lipinski definition) is 3. The molecule has 1 aromatic heterocycles. The van der Waals surface area contributed by atoms with Gasteiger partial charge in [-0.05, 0) is 74.3 Å². The molecule has 0 radical (unpaired) electrons. The van der Waals surface area contributed by atoms with Crippen LogP contribution in [0.25, 0.3) is 10.9 Å². The van der Waals surface area contributed by atoms with Gasteiger partial charge in [0.25, 0.3) is 0 Å². The summed E-state index contributed by atoms with van der Waals surface area (Å²) in [5.41, 5.74) is 6.36. The number of ether oxygens (including phenoxy) is 5. The van der Waals surface area contributed by atoms with E-state index < -0.39 is 42.1 Å². The molecule has 4 unspecified atom stereocenters. The number of nitrogens with zero attached hydrogens (tertiary/aromatic N) is 3. The number of benzene rings is 1. The van der Waals surface area contributed by atoms with Crippen molar-refractivity contribution in [2.75, 3.05) is 52.6 Å². The number of aliphatic carboxylic acids is 1. The highest BCUT2D eigenvalue weighted by Crippen LogP contribution is 2.57. The molecule has 4 N–H and O–H groups in total. The maximum atomic E-state index is 14.4. The first-order valence-electron chi connectivity index (χ1n) is 22.1. The summed E-state index contributed by atoms with van der Waals surface area (Å²) in [6, 6.07) is 3.39. The number of rotatable bonds is 21. The SMILES string of the molecule is CCOc1cc(OC2C[C@@H](C(N)=O)N(C(=O)[C@H](CCCCCCC(C)[C@@H]3C[C@@H]3C(=O)O)NC(=O)OC3C[C@@H]4C(C)[C@@H]4C3)C2)c2ccc(OCCN3CCOCC3)c(Cl)c2n1. The zero-order valence-electron chi connectivity index (χ0n) is 35.2. The molecule has 2 saturated heterocycles. The Balaban J connectivity index is 1.00. The van der Waals surface area contributed by atoms with Crippen molar-refractivity contribution in [3.63, 3.8) is 0 Å². The lowest BCUT2D eigenvalue weighted by Crippen LogP contribution is -2.53. The Hall–Kier alpha value is -4.08. The molecular formula is C44H62ClN5O10. The van der Waals surface area contributed by atoms with Gasteiger partial charge in [0, 0.05) is 37.5 Å². The number of carbonyl (C=O) groups excluding carboxylic acids is 3. The fourth-order valence-electron chi connectivity index (χ4n) is 9.81. The highest BCUT2D eigenvalue weighted by atomic mass is 35.5. The third kappa shape index (κ3) is 10.7. The number of carbonyl (C=O) groups is 4. The Kier molecular flexibility index (Phi) is 14.5. The zero-order valence-corrected chi connectivity index (χ0v) is 35.9. The molecule has 330 valence electrons. The average Bonchev–Trinajstić information content (AvgIpc) is 4.02. The van der Waals surface area contributed by atoms with Crippen molar-refractivity contribution in [1.29, 1.82) is 0 Å². The smallest absolute Gasteiger partial charge is 0.408 e. The molecule has 2 aromatic rings. The Morgan fingerprint density at radius 3 is 2.42 bits per heavy atom. The Morgan fingerprint density at radius 1 is 1.00 bits per heavy atom. The second-order valence-corrected chi connectivity index (χ2v) is 17.9. The van der Waals surface area contributed by atoms with Crippen LogP contribution < -0.4 is 25.3 Å². The van der Waals surface area contributed by atoms with E-state index in [1.54, 1.807) is 12.1 Å². The Morgan fingerprint density at radius 2 is 1.73 bits per heavy atom.